The van der Waals surface area contributed by atoms with E-state index in [4.69, 9.17) is 4.42 Å². The minimum Gasteiger partial charge on any atom is -0.463 e. The number of hydrogen-bond donors (Lipinski definition) is 2. The molecule has 3 rings (SSSR count). The highest BCUT2D eigenvalue weighted by Gasteiger charge is 2.23. The molecule has 1 atom stereocenters. The van der Waals surface area contributed by atoms with Gasteiger partial charge in [-0.3, -0.25) is 9.59 Å². The zero-order valence-corrected chi connectivity index (χ0v) is 17.4. The number of carbonyl (C=O) groups is 2. The second-order valence-electron chi connectivity index (χ2n) is 7.15. The molecule has 6 heteroatoms. The standard InChI is InChI=1S/C24H27N3O3/c1-3-18-10-7-8-13-20(18)26-22(28)17-27(2)23(29)16-25-24(21-14-9-15-30-21)19-11-5-4-6-12-19/h4-15,24-25H,3,16-17H2,1-2H3,(H,26,28)/p+1/t24-/m1/s1. The average molecular weight is 407 g/mol. The summed E-state index contributed by atoms with van der Waals surface area (Å²) < 4.78 is 5.58. The van der Waals surface area contributed by atoms with Crippen LogP contribution >= 0.6 is 0 Å². The number of nitrogens with zero attached hydrogens (tertiary/aromatic N) is 1. The Hall–Kier alpha value is -3.38. The number of aryl methyl sites for hydroxylation is 1. The van der Waals surface area contributed by atoms with E-state index in [2.05, 4.69) is 5.32 Å². The normalized spacial score (nSPS) is 11.7. The van der Waals surface area contributed by atoms with Crippen molar-refractivity contribution in [2.45, 2.75) is 19.4 Å². The maximum Gasteiger partial charge on any atom is 0.277 e. The lowest BCUT2D eigenvalue weighted by atomic mass is 10.0. The molecule has 0 saturated carbocycles. The van der Waals surface area contributed by atoms with Gasteiger partial charge in [-0.1, -0.05) is 55.5 Å². The molecule has 3 N–H and O–H groups in total. The fraction of sp³-hybridized carbons (Fsp3) is 0.250. The smallest absolute Gasteiger partial charge is 0.277 e. The van der Waals surface area contributed by atoms with Gasteiger partial charge in [0.15, 0.2) is 18.3 Å². The highest BCUT2D eigenvalue weighted by Crippen LogP contribution is 2.18. The summed E-state index contributed by atoms with van der Waals surface area (Å²) in [5.74, 6) is 0.448. The predicted octanol–water partition coefficient (Wildman–Crippen LogP) is 2.59. The Bertz CT molecular complexity index is 955. The van der Waals surface area contributed by atoms with Gasteiger partial charge < -0.3 is 20.0 Å². The van der Waals surface area contributed by atoms with Crippen LogP contribution in [0.2, 0.25) is 0 Å². The number of amides is 2. The maximum absolute atomic E-state index is 12.6. The number of quaternary nitrogens is 1. The van der Waals surface area contributed by atoms with Crippen molar-refractivity contribution >= 4 is 17.5 Å². The quantitative estimate of drug-likeness (QED) is 0.573. The molecule has 0 aliphatic carbocycles. The summed E-state index contributed by atoms with van der Waals surface area (Å²) >= 11 is 0. The second kappa shape index (κ2) is 10.4. The van der Waals surface area contributed by atoms with Crippen molar-refractivity contribution in [1.82, 2.24) is 4.90 Å². The molecule has 0 bridgehead atoms. The minimum absolute atomic E-state index is 0.00147. The lowest BCUT2D eigenvalue weighted by Crippen LogP contribution is -2.87. The summed E-state index contributed by atoms with van der Waals surface area (Å²) in [6.45, 7) is 2.25. The van der Waals surface area contributed by atoms with E-state index in [0.717, 1.165) is 29.0 Å². The lowest BCUT2D eigenvalue weighted by Gasteiger charge is -2.19. The van der Waals surface area contributed by atoms with Gasteiger partial charge in [-0.25, -0.2) is 0 Å². The minimum atomic E-state index is -0.211. The van der Waals surface area contributed by atoms with Crippen LogP contribution in [0.4, 0.5) is 5.69 Å². The first-order chi connectivity index (χ1) is 14.6. The lowest BCUT2D eigenvalue weighted by molar-refractivity contribution is -0.679. The van der Waals surface area contributed by atoms with E-state index >= 15 is 0 Å². The van der Waals surface area contributed by atoms with Crippen LogP contribution in [0.3, 0.4) is 0 Å². The van der Waals surface area contributed by atoms with Crippen LogP contribution in [0.25, 0.3) is 0 Å². The molecule has 2 aromatic carbocycles. The molecular formula is C24H28N3O3+. The average Bonchev–Trinajstić information content (AvgIpc) is 3.29. The van der Waals surface area contributed by atoms with Crippen molar-refractivity contribution in [2.75, 3.05) is 25.5 Å². The van der Waals surface area contributed by atoms with E-state index in [1.54, 1.807) is 13.3 Å². The number of para-hydroxylation sites is 1. The molecular weight excluding hydrogens is 378 g/mol. The van der Waals surface area contributed by atoms with Gasteiger partial charge in [0, 0.05) is 18.3 Å². The van der Waals surface area contributed by atoms with Crippen molar-refractivity contribution in [3.05, 3.63) is 89.9 Å². The van der Waals surface area contributed by atoms with Crippen molar-refractivity contribution in [3.63, 3.8) is 0 Å². The SMILES string of the molecule is CCc1ccccc1NC(=O)CN(C)C(=O)C[NH2+][C@H](c1ccccc1)c1ccco1. The molecule has 2 amide bonds. The molecule has 0 radical (unpaired) electrons. The molecule has 156 valence electrons. The molecule has 0 spiro atoms. The Morgan fingerprint density at radius 1 is 1.03 bits per heavy atom. The third-order valence-electron chi connectivity index (χ3n) is 5.02. The maximum atomic E-state index is 12.6. The highest BCUT2D eigenvalue weighted by molar-refractivity contribution is 5.95. The summed E-state index contributed by atoms with van der Waals surface area (Å²) in [6.07, 6.45) is 2.46. The van der Waals surface area contributed by atoms with Crippen LogP contribution in [0.15, 0.2) is 77.4 Å². The van der Waals surface area contributed by atoms with Gasteiger partial charge in [-0.05, 0) is 30.2 Å². The Balaban J connectivity index is 1.57. The van der Waals surface area contributed by atoms with E-state index in [1.165, 1.54) is 4.90 Å². The monoisotopic (exact) mass is 406 g/mol. The number of nitrogens with one attached hydrogen (secondary N) is 1. The first kappa shape index (κ1) is 21.3. The molecule has 0 aliphatic heterocycles. The first-order valence-electron chi connectivity index (χ1n) is 10.1. The van der Waals surface area contributed by atoms with Gasteiger partial charge in [0.25, 0.3) is 5.91 Å². The van der Waals surface area contributed by atoms with E-state index < -0.39 is 0 Å². The van der Waals surface area contributed by atoms with Gasteiger partial charge in [0.05, 0.1) is 12.8 Å². The molecule has 6 nitrogen and oxygen atoms in total. The molecule has 1 heterocycles. The molecule has 0 unspecified atom stereocenters. The van der Waals surface area contributed by atoms with E-state index in [9.17, 15) is 9.59 Å². The third-order valence-corrected chi connectivity index (χ3v) is 5.02. The predicted molar refractivity (Wildman–Crippen MR) is 116 cm³/mol. The van der Waals surface area contributed by atoms with Crippen LogP contribution in [0.5, 0.6) is 0 Å². The highest BCUT2D eigenvalue weighted by atomic mass is 16.3. The zero-order chi connectivity index (χ0) is 21.3. The Labute approximate surface area is 176 Å². The molecule has 3 aromatic rings. The van der Waals surface area contributed by atoms with E-state index in [0.29, 0.717) is 0 Å². The van der Waals surface area contributed by atoms with Gasteiger partial charge in [0.2, 0.25) is 5.91 Å². The van der Waals surface area contributed by atoms with Crippen LogP contribution in [-0.2, 0) is 16.0 Å². The van der Waals surface area contributed by atoms with E-state index in [1.807, 2.05) is 79.0 Å². The Morgan fingerprint density at radius 2 is 1.77 bits per heavy atom. The van der Waals surface area contributed by atoms with Crippen LogP contribution < -0.4 is 10.6 Å². The topological polar surface area (TPSA) is 79.2 Å². The van der Waals surface area contributed by atoms with Gasteiger partial charge in [-0.2, -0.15) is 0 Å². The van der Waals surface area contributed by atoms with Gasteiger partial charge in [0.1, 0.15) is 0 Å². The summed E-state index contributed by atoms with van der Waals surface area (Å²) in [6, 6.07) is 21.2. The van der Waals surface area contributed by atoms with Gasteiger partial charge in [-0.15, -0.1) is 0 Å². The summed E-state index contributed by atoms with van der Waals surface area (Å²) in [5.41, 5.74) is 2.91. The van der Waals surface area contributed by atoms with Crippen molar-refractivity contribution in [2.24, 2.45) is 0 Å². The fourth-order valence-electron chi connectivity index (χ4n) is 3.36. The van der Waals surface area contributed by atoms with Crippen molar-refractivity contribution in [1.29, 1.82) is 0 Å². The molecule has 30 heavy (non-hydrogen) atoms. The van der Waals surface area contributed by atoms with Crippen molar-refractivity contribution < 1.29 is 19.3 Å². The Morgan fingerprint density at radius 3 is 2.47 bits per heavy atom. The van der Waals surface area contributed by atoms with E-state index in [-0.39, 0.29) is 30.9 Å². The molecule has 0 aliphatic rings. The number of likely N-dealkylation sites (N-methyl/N-ethyl adjacent to an activating group) is 1. The van der Waals surface area contributed by atoms with Crippen LogP contribution in [-0.4, -0.2) is 36.9 Å². The fourth-order valence-corrected chi connectivity index (χ4v) is 3.36. The number of hydrogen-bond acceptors (Lipinski definition) is 3. The molecule has 0 saturated heterocycles. The molecule has 1 aromatic heterocycles. The largest absolute Gasteiger partial charge is 0.463 e. The zero-order valence-electron chi connectivity index (χ0n) is 17.4. The number of rotatable bonds is 9. The Kier molecular flexibility index (Phi) is 7.40. The number of nitrogens with two attached hydrogens (primary N) is 1. The van der Waals surface area contributed by atoms with Crippen LogP contribution in [0.1, 0.15) is 29.9 Å². The summed E-state index contributed by atoms with van der Waals surface area (Å²) in [4.78, 5) is 26.5. The molecule has 0 fully saturated rings. The van der Waals surface area contributed by atoms with Crippen molar-refractivity contribution in [3.8, 4) is 0 Å². The first-order valence-corrected chi connectivity index (χ1v) is 10.1. The second-order valence-corrected chi connectivity index (χ2v) is 7.15. The number of furan rings is 1. The number of carbonyl (C=O) groups excluding carboxylic acids is 2. The summed E-state index contributed by atoms with van der Waals surface area (Å²) in [5, 5.41) is 4.83. The summed E-state index contributed by atoms with van der Waals surface area (Å²) in [7, 11) is 1.64. The van der Waals surface area contributed by atoms with Crippen LogP contribution in [0, 0.1) is 0 Å². The number of anilines is 1. The third kappa shape index (κ3) is 5.58. The van der Waals surface area contributed by atoms with Gasteiger partial charge >= 0.3 is 0 Å². The number of benzene rings is 2.